The first-order chi connectivity index (χ1) is 56.5. The molecule has 3 nitrogen and oxygen atoms in total. The molecule has 0 spiro atoms. The molecular weight excluding hydrogens is 1380 g/mol. The molecule has 0 fully saturated rings. The van der Waals surface area contributed by atoms with Crippen LogP contribution in [0.1, 0.15) is 66.8 Å². The lowest BCUT2D eigenvalue weighted by molar-refractivity contribution is 0.768. The van der Waals surface area contributed by atoms with E-state index in [4.69, 9.17) is 0 Å². The van der Waals surface area contributed by atoms with Gasteiger partial charge in [-0.05, 0) is 195 Å². The minimum atomic E-state index is -0.398. The number of hydrogen-bond acceptors (Lipinski definition) is 3. The van der Waals surface area contributed by atoms with Crippen molar-refractivity contribution in [1.29, 1.82) is 0 Å². The van der Waals surface area contributed by atoms with Gasteiger partial charge >= 0.3 is 0 Å². The zero-order valence-electron chi connectivity index (χ0n) is 63.0. The molecule has 0 atom stereocenters. The number of nitrogens with one attached hydrogen (secondary N) is 3. The second kappa shape index (κ2) is 30.7. The van der Waals surface area contributed by atoms with Gasteiger partial charge in [-0.3, -0.25) is 0 Å². The highest BCUT2D eigenvalue weighted by atomic mass is 14.9. The number of hydrogen-bond donors (Lipinski definition) is 3. The maximum Gasteiger partial charge on any atom is 0.0714 e. The molecule has 0 amide bonds. The summed E-state index contributed by atoms with van der Waals surface area (Å²) in [6, 6.07) is 170. The summed E-state index contributed by atoms with van der Waals surface area (Å²) in [5, 5.41) is 11.1. The third-order valence-electron chi connectivity index (χ3n) is 23.2. The van der Waals surface area contributed by atoms with Crippen molar-refractivity contribution in [3.63, 3.8) is 0 Å². The normalized spacial score (nSPS) is 12.9. The highest BCUT2D eigenvalue weighted by Crippen LogP contribution is 2.60. The van der Waals surface area contributed by atoms with Gasteiger partial charge in [0.1, 0.15) is 0 Å². The van der Waals surface area contributed by atoms with Crippen LogP contribution < -0.4 is 16.0 Å². The van der Waals surface area contributed by atoms with Crippen LogP contribution >= 0.6 is 0 Å². The van der Waals surface area contributed by atoms with E-state index in [0.717, 1.165) is 34.1 Å². The molecule has 540 valence electrons. The Morgan fingerprint density at radius 3 is 0.728 bits per heavy atom. The molecule has 114 heavy (non-hydrogen) atoms. The SMILES string of the molecule is c1ccc(-c2cccc(Nc3ccc(C4(c5ccccc5)c5ccccc5-c5ccccc54)cc3)c2)cc1.c1ccc(-c2cccc(Nc3cccc(C4(c5ccccc5)c5ccccc5-c5ccccc54)c3)c2)cc1.c1ccc(-c2ccccc2Nc2cccc(C3(c4ccccc4)c4ccccc4-c4ccccc43)c2)cc1. The van der Waals surface area contributed by atoms with Crippen molar-refractivity contribution in [2.45, 2.75) is 16.2 Å². The smallest absolute Gasteiger partial charge is 0.0714 e. The molecule has 0 aliphatic heterocycles. The summed E-state index contributed by atoms with van der Waals surface area (Å²) in [5.74, 6) is 0. The molecule has 0 bridgehead atoms. The molecule has 3 aliphatic carbocycles. The van der Waals surface area contributed by atoms with Gasteiger partial charge in [0.05, 0.1) is 16.2 Å². The summed E-state index contributed by atoms with van der Waals surface area (Å²) < 4.78 is 0. The Morgan fingerprint density at radius 1 is 0.132 bits per heavy atom. The van der Waals surface area contributed by atoms with Gasteiger partial charge in [-0.25, -0.2) is 0 Å². The van der Waals surface area contributed by atoms with Crippen molar-refractivity contribution < 1.29 is 0 Å². The first-order valence-corrected chi connectivity index (χ1v) is 39.4. The molecule has 3 aliphatic rings. The van der Waals surface area contributed by atoms with E-state index in [0.29, 0.717) is 0 Å². The fourth-order valence-electron chi connectivity index (χ4n) is 18.4. The first kappa shape index (κ1) is 69.8. The van der Waals surface area contributed by atoms with E-state index < -0.39 is 10.8 Å². The third kappa shape index (κ3) is 12.6. The summed E-state index contributed by atoms with van der Waals surface area (Å²) in [5.41, 5.74) is 36.0. The Labute approximate surface area is 668 Å². The van der Waals surface area contributed by atoms with E-state index in [1.807, 2.05) is 0 Å². The second-order valence-electron chi connectivity index (χ2n) is 29.5. The van der Waals surface area contributed by atoms with Gasteiger partial charge in [-0.15, -0.1) is 0 Å². The fraction of sp³-hybridized carbons (Fsp3) is 0.0270. The lowest BCUT2D eigenvalue weighted by atomic mass is 9.67. The Bertz CT molecular complexity index is 6300. The lowest BCUT2D eigenvalue weighted by Crippen LogP contribution is -2.28. The fourth-order valence-corrected chi connectivity index (χ4v) is 18.4. The average Bonchev–Trinajstić information content (AvgIpc) is 1.55. The highest BCUT2D eigenvalue weighted by Gasteiger charge is 2.49. The maximum absolute atomic E-state index is 3.75. The number of para-hydroxylation sites is 1. The molecule has 3 N–H and O–H groups in total. The molecule has 3 heteroatoms. The lowest BCUT2D eigenvalue weighted by Gasteiger charge is -2.34. The van der Waals surface area contributed by atoms with Gasteiger partial charge < -0.3 is 16.0 Å². The molecule has 18 aromatic rings. The average molecular weight is 1460 g/mol. The Hall–Kier alpha value is -14.6. The zero-order chi connectivity index (χ0) is 76.1. The van der Waals surface area contributed by atoms with E-state index in [9.17, 15) is 0 Å². The predicted molar refractivity (Wildman–Crippen MR) is 477 cm³/mol. The topological polar surface area (TPSA) is 36.1 Å². The summed E-state index contributed by atoms with van der Waals surface area (Å²) in [6.45, 7) is 0. The van der Waals surface area contributed by atoms with Crippen molar-refractivity contribution in [2.24, 2.45) is 0 Å². The quantitative estimate of drug-likeness (QED) is 0.0957. The molecule has 21 rings (SSSR count). The van der Waals surface area contributed by atoms with Crippen molar-refractivity contribution in [1.82, 2.24) is 0 Å². The van der Waals surface area contributed by atoms with Crippen LogP contribution in [0.15, 0.2) is 473 Å². The van der Waals surface area contributed by atoms with Crippen molar-refractivity contribution in [2.75, 3.05) is 16.0 Å². The van der Waals surface area contributed by atoms with Crippen LogP contribution in [0.3, 0.4) is 0 Å². The summed E-state index contributed by atoms with van der Waals surface area (Å²) in [7, 11) is 0. The largest absolute Gasteiger partial charge is 0.356 e. The van der Waals surface area contributed by atoms with Gasteiger partial charge in [-0.1, -0.05) is 406 Å². The molecule has 0 heterocycles. The number of anilines is 6. The van der Waals surface area contributed by atoms with Gasteiger partial charge in [0.2, 0.25) is 0 Å². The Balaban J connectivity index is 0.000000115. The molecule has 0 radical (unpaired) electrons. The monoisotopic (exact) mass is 1460 g/mol. The van der Waals surface area contributed by atoms with Crippen LogP contribution in [0.2, 0.25) is 0 Å². The van der Waals surface area contributed by atoms with Crippen LogP contribution in [0, 0.1) is 0 Å². The van der Waals surface area contributed by atoms with Crippen LogP contribution in [0.25, 0.3) is 66.8 Å². The van der Waals surface area contributed by atoms with E-state index in [-0.39, 0.29) is 5.41 Å². The van der Waals surface area contributed by atoms with E-state index in [1.165, 1.54) is 134 Å². The Morgan fingerprint density at radius 2 is 0.368 bits per heavy atom. The number of fused-ring (bicyclic) bond motifs is 9. The van der Waals surface area contributed by atoms with Crippen LogP contribution in [0.4, 0.5) is 34.1 Å². The first-order valence-electron chi connectivity index (χ1n) is 39.4. The van der Waals surface area contributed by atoms with Gasteiger partial charge in [0.15, 0.2) is 0 Å². The van der Waals surface area contributed by atoms with Gasteiger partial charge in [0, 0.05) is 39.7 Å². The van der Waals surface area contributed by atoms with Crippen LogP contribution in [0.5, 0.6) is 0 Å². The molecule has 0 aromatic heterocycles. The van der Waals surface area contributed by atoms with Crippen LogP contribution in [-0.4, -0.2) is 0 Å². The molecular formula is C111H81N3. The molecule has 0 saturated heterocycles. The molecule has 0 unspecified atom stereocenters. The summed E-state index contributed by atoms with van der Waals surface area (Å²) in [4.78, 5) is 0. The van der Waals surface area contributed by atoms with Gasteiger partial charge in [-0.2, -0.15) is 0 Å². The minimum Gasteiger partial charge on any atom is -0.356 e. The maximum atomic E-state index is 3.75. The second-order valence-corrected chi connectivity index (χ2v) is 29.5. The van der Waals surface area contributed by atoms with Crippen molar-refractivity contribution in [3.8, 4) is 66.8 Å². The van der Waals surface area contributed by atoms with E-state index in [1.54, 1.807) is 0 Å². The third-order valence-corrected chi connectivity index (χ3v) is 23.2. The molecule has 0 saturated carbocycles. The predicted octanol–water partition coefficient (Wildman–Crippen LogP) is 28.4. The summed E-state index contributed by atoms with van der Waals surface area (Å²) in [6.07, 6.45) is 0. The number of rotatable bonds is 15. The summed E-state index contributed by atoms with van der Waals surface area (Å²) >= 11 is 0. The van der Waals surface area contributed by atoms with Gasteiger partial charge in [0.25, 0.3) is 0 Å². The number of benzene rings is 18. The van der Waals surface area contributed by atoms with E-state index in [2.05, 4.69) is 489 Å². The zero-order valence-corrected chi connectivity index (χ0v) is 63.0. The molecule has 18 aromatic carbocycles. The van der Waals surface area contributed by atoms with E-state index >= 15 is 0 Å². The Kier molecular flexibility index (Phi) is 18.8. The van der Waals surface area contributed by atoms with Crippen molar-refractivity contribution in [3.05, 3.63) is 540 Å². The van der Waals surface area contributed by atoms with Crippen molar-refractivity contribution >= 4 is 34.1 Å². The highest BCUT2D eigenvalue weighted by molar-refractivity contribution is 5.91. The van der Waals surface area contributed by atoms with Crippen LogP contribution in [-0.2, 0) is 16.2 Å². The minimum absolute atomic E-state index is 0.361. The standard InChI is InChI=1S/3C37H27N/c1-3-14-27(15-4-1)31-20-9-12-25-36(31)38-30-19-13-18-29(26-30)37(28-16-5-2-6-17-28)34-23-10-7-21-32(34)33-22-8-11-24-35(33)37;1-3-13-27(14-4-1)28-15-11-19-31(25-28)38-32-20-12-18-30(26-32)37(29-16-5-2-6-17-29)35-23-9-7-21-33(35)34-22-8-10-24-36(34)37;1-3-12-27(13-4-1)28-14-11-17-32(26-28)38-31-24-22-30(23-25-31)37(29-15-5-2-6-16-29)35-20-9-7-18-33(35)34-19-8-10-21-36(34)37/h3*1-26,38H.